The fraction of sp³-hybridized carbons (Fsp3) is 0.136. The zero-order valence-electron chi connectivity index (χ0n) is 16.6. The van der Waals surface area contributed by atoms with Crippen molar-refractivity contribution in [2.24, 2.45) is 0 Å². The highest BCUT2D eigenvalue weighted by molar-refractivity contribution is 7.99. The summed E-state index contributed by atoms with van der Waals surface area (Å²) < 4.78 is 12.7. The molecule has 31 heavy (non-hydrogen) atoms. The van der Waals surface area contributed by atoms with Gasteiger partial charge in [-0.3, -0.25) is 9.36 Å². The van der Waals surface area contributed by atoms with Crippen molar-refractivity contribution in [2.45, 2.75) is 11.7 Å². The van der Waals surface area contributed by atoms with Crippen molar-refractivity contribution in [1.29, 1.82) is 0 Å². The number of hydrogen-bond donors (Lipinski definition) is 1. The van der Waals surface area contributed by atoms with E-state index in [1.54, 1.807) is 31.6 Å². The molecule has 0 fully saturated rings. The summed E-state index contributed by atoms with van der Waals surface area (Å²) in [6.07, 6.45) is 1.62. The van der Waals surface area contributed by atoms with Gasteiger partial charge >= 0.3 is 0 Å². The third-order valence-electron chi connectivity index (χ3n) is 4.41. The highest BCUT2D eigenvalue weighted by Gasteiger charge is 2.17. The number of aromatic nitrogens is 3. The summed E-state index contributed by atoms with van der Waals surface area (Å²) >= 11 is 7.45. The quantitative estimate of drug-likeness (QED) is 0.378. The van der Waals surface area contributed by atoms with E-state index in [4.69, 9.17) is 20.8 Å². The lowest BCUT2D eigenvalue weighted by Gasteiger charge is -2.11. The van der Waals surface area contributed by atoms with Crippen LogP contribution in [0.15, 0.2) is 76.5 Å². The molecule has 2 aromatic carbocycles. The van der Waals surface area contributed by atoms with Gasteiger partial charge in [0.05, 0.1) is 31.4 Å². The van der Waals surface area contributed by atoms with Gasteiger partial charge in [0.2, 0.25) is 5.91 Å². The maximum absolute atomic E-state index is 12.5. The maximum Gasteiger partial charge on any atom is 0.234 e. The Bertz CT molecular complexity index is 1180. The SMILES string of the molecule is COc1ccccc1NC(=O)CSc1nnc(-c2cccc(Cl)c2)n1Cc1ccco1. The van der Waals surface area contributed by atoms with Crippen LogP contribution in [0.3, 0.4) is 0 Å². The molecular formula is C22H19ClN4O3S. The van der Waals surface area contributed by atoms with Crippen LogP contribution in [-0.4, -0.2) is 33.5 Å². The molecule has 4 aromatic rings. The van der Waals surface area contributed by atoms with Gasteiger partial charge < -0.3 is 14.5 Å². The second-order valence-corrected chi connectivity index (χ2v) is 7.90. The van der Waals surface area contributed by atoms with Gasteiger partial charge in [-0.1, -0.05) is 47.6 Å². The molecule has 0 atom stereocenters. The lowest BCUT2D eigenvalue weighted by Crippen LogP contribution is -2.15. The molecule has 1 N–H and O–H groups in total. The van der Waals surface area contributed by atoms with Crippen molar-refractivity contribution in [3.63, 3.8) is 0 Å². The zero-order valence-corrected chi connectivity index (χ0v) is 18.2. The molecule has 9 heteroatoms. The van der Waals surface area contributed by atoms with Gasteiger partial charge in [0.15, 0.2) is 11.0 Å². The Morgan fingerprint density at radius 2 is 2.03 bits per heavy atom. The number of methoxy groups -OCH3 is 1. The number of carbonyl (C=O) groups is 1. The molecule has 2 aromatic heterocycles. The number of nitrogens with one attached hydrogen (secondary N) is 1. The van der Waals surface area contributed by atoms with Gasteiger partial charge in [-0.05, 0) is 36.4 Å². The van der Waals surface area contributed by atoms with Gasteiger partial charge in [0, 0.05) is 10.6 Å². The average Bonchev–Trinajstić information content (AvgIpc) is 3.43. The number of thioether (sulfide) groups is 1. The minimum Gasteiger partial charge on any atom is -0.495 e. The normalized spacial score (nSPS) is 10.8. The molecule has 1 amide bonds. The number of benzene rings is 2. The first-order valence-electron chi connectivity index (χ1n) is 9.41. The lowest BCUT2D eigenvalue weighted by atomic mass is 10.2. The van der Waals surface area contributed by atoms with Crippen LogP contribution in [0.1, 0.15) is 5.76 Å². The van der Waals surface area contributed by atoms with Crippen LogP contribution >= 0.6 is 23.4 Å². The van der Waals surface area contributed by atoms with Crippen LogP contribution in [-0.2, 0) is 11.3 Å². The number of carbonyl (C=O) groups excluding carboxylic acids is 1. The van der Waals surface area contributed by atoms with Gasteiger partial charge in [0.25, 0.3) is 0 Å². The highest BCUT2D eigenvalue weighted by atomic mass is 35.5. The first kappa shape index (κ1) is 21.0. The molecule has 0 aliphatic carbocycles. The standard InChI is InChI=1S/C22H19ClN4O3S/c1-29-19-10-3-2-9-18(19)24-20(28)14-31-22-26-25-21(15-6-4-7-16(23)12-15)27(22)13-17-8-5-11-30-17/h2-12H,13-14H2,1H3,(H,24,28). The van der Waals surface area contributed by atoms with Gasteiger partial charge in [-0.25, -0.2) is 0 Å². The molecule has 0 aliphatic heterocycles. The van der Waals surface area contributed by atoms with Crippen LogP contribution in [0.2, 0.25) is 5.02 Å². The molecule has 0 radical (unpaired) electrons. The van der Waals surface area contributed by atoms with E-state index in [2.05, 4.69) is 15.5 Å². The topological polar surface area (TPSA) is 82.2 Å². The Labute approximate surface area is 188 Å². The van der Waals surface area contributed by atoms with Crippen LogP contribution in [0, 0.1) is 0 Å². The predicted octanol–water partition coefficient (Wildman–Crippen LogP) is 4.98. The predicted molar refractivity (Wildman–Crippen MR) is 121 cm³/mol. The molecule has 158 valence electrons. The Hall–Kier alpha value is -3.23. The molecule has 0 spiro atoms. The number of rotatable bonds is 8. The Balaban J connectivity index is 1.54. The van der Waals surface area contributed by atoms with E-state index in [1.165, 1.54) is 11.8 Å². The van der Waals surface area contributed by atoms with Gasteiger partial charge in [0.1, 0.15) is 11.5 Å². The van der Waals surface area contributed by atoms with E-state index in [0.717, 1.165) is 11.3 Å². The summed E-state index contributed by atoms with van der Waals surface area (Å²) in [5, 5.41) is 12.7. The van der Waals surface area contributed by atoms with Crippen molar-refractivity contribution < 1.29 is 13.9 Å². The largest absolute Gasteiger partial charge is 0.495 e. The Morgan fingerprint density at radius 3 is 2.81 bits per heavy atom. The smallest absolute Gasteiger partial charge is 0.234 e. The number of furan rings is 1. The summed E-state index contributed by atoms with van der Waals surface area (Å²) in [5.41, 5.74) is 1.45. The first-order valence-corrected chi connectivity index (χ1v) is 10.8. The van der Waals surface area contributed by atoms with Crippen molar-refractivity contribution in [3.8, 4) is 17.1 Å². The van der Waals surface area contributed by atoms with Crippen LogP contribution in [0.4, 0.5) is 5.69 Å². The Morgan fingerprint density at radius 1 is 1.16 bits per heavy atom. The lowest BCUT2D eigenvalue weighted by molar-refractivity contribution is -0.113. The minimum absolute atomic E-state index is 0.157. The summed E-state index contributed by atoms with van der Waals surface area (Å²) in [4.78, 5) is 12.5. The molecule has 0 saturated heterocycles. The minimum atomic E-state index is -0.175. The summed E-state index contributed by atoms with van der Waals surface area (Å²) in [6, 6.07) is 18.4. The van der Waals surface area contributed by atoms with E-state index in [1.807, 2.05) is 47.0 Å². The number of ether oxygens (including phenoxy) is 1. The molecule has 0 bridgehead atoms. The van der Waals surface area contributed by atoms with Crippen LogP contribution in [0.5, 0.6) is 5.75 Å². The summed E-state index contributed by atoms with van der Waals surface area (Å²) in [7, 11) is 1.56. The Kier molecular flexibility index (Phi) is 6.59. The van der Waals surface area contributed by atoms with Crippen molar-refractivity contribution >= 4 is 35.0 Å². The van der Waals surface area contributed by atoms with E-state index < -0.39 is 0 Å². The zero-order chi connectivity index (χ0) is 21.6. The highest BCUT2D eigenvalue weighted by Crippen LogP contribution is 2.28. The third kappa shape index (κ3) is 5.10. The van der Waals surface area contributed by atoms with Crippen molar-refractivity contribution in [3.05, 3.63) is 77.7 Å². The molecule has 7 nitrogen and oxygen atoms in total. The molecule has 4 rings (SSSR count). The van der Waals surface area contributed by atoms with Crippen LogP contribution in [0.25, 0.3) is 11.4 Å². The van der Waals surface area contributed by atoms with E-state index in [-0.39, 0.29) is 11.7 Å². The average molecular weight is 455 g/mol. The van der Waals surface area contributed by atoms with E-state index in [0.29, 0.717) is 34.0 Å². The van der Waals surface area contributed by atoms with E-state index >= 15 is 0 Å². The van der Waals surface area contributed by atoms with E-state index in [9.17, 15) is 4.79 Å². The summed E-state index contributed by atoms with van der Waals surface area (Å²) in [6.45, 7) is 0.429. The molecule has 0 saturated carbocycles. The summed E-state index contributed by atoms with van der Waals surface area (Å²) in [5.74, 6) is 1.98. The number of nitrogens with zero attached hydrogens (tertiary/aromatic N) is 3. The van der Waals surface area contributed by atoms with Crippen LogP contribution < -0.4 is 10.1 Å². The number of hydrogen-bond acceptors (Lipinski definition) is 6. The van der Waals surface area contributed by atoms with Crippen molar-refractivity contribution in [2.75, 3.05) is 18.2 Å². The molecular weight excluding hydrogens is 436 g/mol. The van der Waals surface area contributed by atoms with Gasteiger partial charge in [-0.15, -0.1) is 10.2 Å². The fourth-order valence-corrected chi connectivity index (χ4v) is 3.93. The monoisotopic (exact) mass is 454 g/mol. The number of amides is 1. The third-order valence-corrected chi connectivity index (χ3v) is 5.61. The number of para-hydroxylation sites is 2. The van der Waals surface area contributed by atoms with Gasteiger partial charge in [-0.2, -0.15) is 0 Å². The fourth-order valence-electron chi connectivity index (χ4n) is 3.00. The second-order valence-electron chi connectivity index (χ2n) is 6.52. The second kappa shape index (κ2) is 9.72. The first-order chi connectivity index (χ1) is 15.1. The molecule has 2 heterocycles. The molecule has 0 aliphatic rings. The maximum atomic E-state index is 12.5. The number of anilines is 1. The number of halogens is 1. The van der Waals surface area contributed by atoms with Crippen molar-refractivity contribution in [1.82, 2.24) is 14.8 Å². The molecule has 0 unspecified atom stereocenters.